The molecule has 1 amide bonds. The highest BCUT2D eigenvalue weighted by Gasteiger charge is 2.29. The van der Waals surface area contributed by atoms with Crippen molar-refractivity contribution >= 4 is 76.1 Å². The molecule has 4 rings (SSSR count). The lowest BCUT2D eigenvalue weighted by atomic mass is 10.00. The maximum atomic E-state index is 12.6. The predicted molar refractivity (Wildman–Crippen MR) is 158 cm³/mol. The van der Waals surface area contributed by atoms with Crippen LogP contribution in [0.1, 0.15) is 18.1 Å². The van der Waals surface area contributed by atoms with E-state index in [9.17, 15) is 4.79 Å². The van der Waals surface area contributed by atoms with Gasteiger partial charge in [-0.15, -0.1) is 0 Å². The van der Waals surface area contributed by atoms with Crippen molar-refractivity contribution in [1.29, 1.82) is 0 Å². The Morgan fingerprint density at radius 2 is 1.61 bits per heavy atom. The molecule has 0 aliphatic carbocycles. The number of benzodiazepines with no additional fused rings is 1. The molecule has 0 aromatic heterocycles. The maximum Gasteiger partial charge on any atom is 0.266 e. The summed E-state index contributed by atoms with van der Waals surface area (Å²) in [6.45, 7) is 1.97. The molecule has 0 saturated carbocycles. The van der Waals surface area contributed by atoms with Crippen LogP contribution in [0.4, 0.5) is 17.1 Å². The highest BCUT2D eigenvalue weighted by molar-refractivity contribution is 7.81. The van der Waals surface area contributed by atoms with Crippen LogP contribution in [0.2, 0.25) is 15.1 Å². The molecule has 0 radical (unpaired) electrons. The van der Waals surface area contributed by atoms with E-state index in [1.165, 1.54) is 0 Å². The number of carbonyl (C=O) groups is 1. The van der Waals surface area contributed by atoms with E-state index >= 15 is 0 Å². The summed E-state index contributed by atoms with van der Waals surface area (Å²) in [5, 5.41) is 11.2. The fraction of sp³-hybridized carbons (Fsp3) is 0.231. The number of nitrogens with zero attached hydrogens (tertiary/aromatic N) is 2. The van der Waals surface area contributed by atoms with Gasteiger partial charge in [-0.1, -0.05) is 53.0 Å². The molecule has 0 saturated heterocycles. The van der Waals surface area contributed by atoms with E-state index < -0.39 is 6.17 Å². The van der Waals surface area contributed by atoms with Gasteiger partial charge in [-0.3, -0.25) is 15.1 Å². The third-order valence-electron chi connectivity index (χ3n) is 5.42. The molecule has 190 valence electrons. The third-order valence-corrected chi connectivity index (χ3v) is 6.34. The minimum atomic E-state index is -0.683. The molecule has 6 nitrogen and oxygen atoms in total. The zero-order chi connectivity index (χ0) is 26.4. The molecule has 1 aliphatic heterocycles. The summed E-state index contributed by atoms with van der Waals surface area (Å²) < 4.78 is 0. The molecule has 0 bridgehead atoms. The fourth-order valence-electron chi connectivity index (χ4n) is 3.68. The maximum absolute atomic E-state index is 12.6. The summed E-state index contributed by atoms with van der Waals surface area (Å²) in [7, 11) is 5.29. The summed E-state index contributed by atoms with van der Waals surface area (Å²) in [6, 6.07) is 18.5. The van der Waals surface area contributed by atoms with Gasteiger partial charge < -0.3 is 15.5 Å². The number of likely N-dealkylation sites (N-methyl/N-ethyl adjacent to an activating group) is 2. The predicted octanol–water partition coefficient (Wildman–Crippen LogP) is 6.42. The van der Waals surface area contributed by atoms with E-state index in [0.29, 0.717) is 15.8 Å². The number of rotatable bonds is 5. The minimum absolute atomic E-state index is 0.119. The SMILES string of the molecule is CNC1N=C(c2ccccc2Cl)c2cc(Cl)ccc2N(C)C1=O.CNc1cc(Cl)ccc1NC(C)S. The molecule has 1 heterocycles. The van der Waals surface area contributed by atoms with Crippen LogP contribution in [0.5, 0.6) is 0 Å². The van der Waals surface area contributed by atoms with Crippen molar-refractivity contribution < 1.29 is 4.79 Å². The summed E-state index contributed by atoms with van der Waals surface area (Å²) in [5.41, 5.74) is 4.92. The van der Waals surface area contributed by atoms with E-state index in [-0.39, 0.29) is 11.3 Å². The Labute approximate surface area is 232 Å². The minimum Gasteiger partial charge on any atom is -0.386 e. The van der Waals surface area contributed by atoms with E-state index in [2.05, 4.69) is 33.6 Å². The van der Waals surface area contributed by atoms with Crippen molar-refractivity contribution in [2.45, 2.75) is 18.5 Å². The number of hydrogen-bond acceptors (Lipinski definition) is 6. The number of nitrogens with one attached hydrogen (secondary N) is 3. The fourth-order valence-corrected chi connectivity index (χ4v) is 4.39. The molecule has 3 aromatic carbocycles. The molecule has 10 heteroatoms. The molecule has 0 fully saturated rings. The van der Waals surface area contributed by atoms with Gasteiger partial charge in [0.1, 0.15) is 0 Å². The van der Waals surface area contributed by atoms with Crippen LogP contribution in [-0.2, 0) is 4.79 Å². The Bertz CT molecular complexity index is 1270. The van der Waals surface area contributed by atoms with Gasteiger partial charge in [-0.2, -0.15) is 12.6 Å². The number of anilines is 3. The second-order valence-corrected chi connectivity index (χ2v) is 10.0. The van der Waals surface area contributed by atoms with Gasteiger partial charge in [-0.05, 0) is 56.4 Å². The largest absolute Gasteiger partial charge is 0.386 e. The monoisotopic (exact) mass is 563 g/mol. The van der Waals surface area contributed by atoms with Crippen molar-refractivity contribution in [3.05, 3.63) is 86.9 Å². The number of amides is 1. The number of aliphatic imine (C=N–C) groups is 1. The van der Waals surface area contributed by atoms with Crippen LogP contribution in [0.15, 0.2) is 65.7 Å². The molecular weight excluding hydrogens is 537 g/mol. The van der Waals surface area contributed by atoms with E-state index in [1.807, 2.05) is 56.4 Å². The molecule has 2 atom stereocenters. The first-order chi connectivity index (χ1) is 17.2. The zero-order valence-corrected chi connectivity index (χ0v) is 23.5. The van der Waals surface area contributed by atoms with Crippen LogP contribution in [0.3, 0.4) is 0 Å². The molecule has 2 unspecified atom stereocenters. The molecular formula is C26H28Cl3N5OS. The first-order valence-corrected chi connectivity index (χ1v) is 12.8. The number of halogens is 3. The summed E-state index contributed by atoms with van der Waals surface area (Å²) >= 11 is 22.6. The van der Waals surface area contributed by atoms with E-state index in [1.54, 1.807) is 37.2 Å². The lowest BCUT2D eigenvalue weighted by molar-refractivity contribution is -0.119. The van der Waals surface area contributed by atoms with E-state index in [4.69, 9.17) is 34.8 Å². The van der Waals surface area contributed by atoms with Gasteiger partial charge in [0.2, 0.25) is 0 Å². The summed E-state index contributed by atoms with van der Waals surface area (Å²) in [6.07, 6.45) is -0.683. The van der Waals surface area contributed by atoms with Crippen molar-refractivity contribution in [1.82, 2.24) is 5.32 Å². The Kier molecular flexibility index (Phi) is 9.93. The van der Waals surface area contributed by atoms with Crippen molar-refractivity contribution in [3.8, 4) is 0 Å². The van der Waals surface area contributed by atoms with Crippen molar-refractivity contribution in [2.24, 2.45) is 4.99 Å². The van der Waals surface area contributed by atoms with Crippen LogP contribution in [-0.4, -0.2) is 44.3 Å². The molecule has 3 aromatic rings. The first-order valence-electron chi connectivity index (χ1n) is 11.2. The second kappa shape index (κ2) is 12.7. The Morgan fingerprint density at radius 1 is 0.944 bits per heavy atom. The average Bonchev–Trinajstić information content (AvgIpc) is 2.95. The Hall–Kier alpha value is -2.42. The molecule has 0 spiro atoms. The second-order valence-electron chi connectivity index (χ2n) is 7.97. The Morgan fingerprint density at radius 3 is 2.25 bits per heavy atom. The molecule has 3 N–H and O–H groups in total. The summed E-state index contributed by atoms with van der Waals surface area (Å²) in [4.78, 5) is 18.8. The smallest absolute Gasteiger partial charge is 0.266 e. The highest BCUT2D eigenvalue weighted by Crippen LogP contribution is 2.31. The number of benzene rings is 3. The normalized spacial score (nSPS) is 15.7. The van der Waals surface area contributed by atoms with Crippen LogP contribution >= 0.6 is 47.4 Å². The standard InChI is InChI=1S/C17H15Cl2N3O.C9H13ClN2S/c1-20-16-17(23)22(2)14-8-7-10(18)9-12(14)15(21-16)11-5-3-4-6-13(11)19;1-6(13)12-8-4-3-7(10)5-9(8)11-2/h3-9,16,20H,1-2H3;3-6,11-13H,1-2H3. The number of thiol groups is 1. The van der Waals surface area contributed by atoms with E-state index in [0.717, 1.165) is 33.2 Å². The van der Waals surface area contributed by atoms with Gasteiger partial charge in [0, 0.05) is 40.3 Å². The lowest BCUT2D eigenvalue weighted by Gasteiger charge is -2.20. The molecule has 1 aliphatic rings. The average molecular weight is 565 g/mol. The highest BCUT2D eigenvalue weighted by atomic mass is 35.5. The first kappa shape index (κ1) is 28.2. The van der Waals surface area contributed by atoms with Crippen molar-refractivity contribution in [3.63, 3.8) is 0 Å². The van der Waals surface area contributed by atoms with Gasteiger partial charge in [-0.25, -0.2) is 0 Å². The number of carbonyl (C=O) groups excluding carboxylic acids is 1. The number of hydrogen-bond donors (Lipinski definition) is 4. The zero-order valence-electron chi connectivity index (χ0n) is 20.3. The van der Waals surface area contributed by atoms with Gasteiger partial charge >= 0.3 is 0 Å². The number of fused-ring (bicyclic) bond motifs is 1. The quantitative estimate of drug-likeness (QED) is 0.213. The Balaban J connectivity index is 0.000000236. The third kappa shape index (κ3) is 6.66. The van der Waals surface area contributed by atoms with Crippen LogP contribution in [0, 0.1) is 0 Å². The topological polar surface area (TPSA) is 68.8 Å². The van der Waals surface area contributed by atoms with Gasteiger partial charge in [0.15, 0.2) is 6.17 Å². The van der Waals surface area contributed by atoms with Crippen molar-refractivity contribution in [2.75, 3.05) is 36.7 Å². The van der Waals surface area contributed by atoms with Gasteiger partial charge in [0.05, 0.1) is 28.1 Å². The molecule has 36 heavy (non-hydrogen) atoms. The summed E-state index contributed by atoms with van der Waals surface area (Å²) in [5.74, 6) is -0.141. The lowest BCUT2D eigenvalue weighted by Crippen LogP contribution is -2.41. The van der Waals surface area contributed by atoms with Crippen LogP contribution < -0.4 is 20.9 Å². The van der Waals surface area contributed by atoms with Crippen LogP contribution in [0.25, 0.3) is 0 Å². The van der Waals surface area contributed by atoms with Gasteiger partial charge in [0.25, 0.3) is 5.91 Å².